The summed E-state index contributed by atoms with van der Waals surface area (Å²) in [5.41, 5.74) is 3.33. The van der Waals surface area contributed by atoms with E-state index in [1.165, 1.54) is 11.3 Å². The van der Waals surface area contributed by atoms with Crippen LogP contribution in [0.2, 0.25) is 0 Å². The smallest absolute Gasteiger partial charge is 0.319 e. The summed E-state index contributed by atoms with van der Waals surface area (Å²) in [6, 6.07) is 8.47. The first-order chi connectivity index (χ1) is 12.2. The van der Waals surface area contributed by atoms with Crippen molar-refractivity contribution in [3.8, 4) is 0 Å². The molecule has 1 atom stereocenters. The number of methoxy groups -OCH3 is 1. The van der Waals surface area contributed by atoms with Crippen LogP contribution < -0.4 is 15.5 Å². The predicted molar refractivity (Wildman–Crippen MR) is 98.1 cm³/mol. The molecule has 0 aliphatic carbocycles. The third-order valence-electron chi connectivity index (χ3n) is 4.43. The van der Waals surface area contributed by atoms with Crippen LogP contribution in [0.3, 0.4) is 0 Å². The molecule has 2 N–H and O–H groups in total. The fourth-order valence-corrected chi connectivity index (χ4v) is 3.08. The molecular weight excluding hydrogens is 318 g/mol. The van der Waals surface area contributed by atoms with Gasteiger partial charge in [-0.15, -0.1) is 0 Å². The standard InChI is InChI=1S/C18H25N5O2/c1-14(23-8-7-15-5-3-4-6-17(15)23)11-19-18(24)21-16-12-20-22(13-16)9-10-25-2/h3-6,12-14H,7-11H2,1-2H3,(H2,19,21,24)/t14-/m0/s1. The summed E-state index contributed by atoms with van der Waals surface area (Å²) in [7, 11) is 1.65. The van der Waals surface area contributed by atoms with Crippen LogP contribution in [-0.4, -0.2) is 48.7 Å². The van der Waals surface area contributed by atoms with E-state index < -0.39 is 0 Å². The first-order valence-corrected chi connectivity index (χ1v) is 8.58. The number of carbonyl (C=O) groups is 1. The maximum atomic E-state index is 12.1. The zero-order valence-electron chi connectivity index (χ0n) is 14.7. The monoisotopic (exact) mass is 343 g/mol. The zero-order valence-corrected chi connectivity index (χ0v) is 14.7. The Labute approximate surface area is 148 Å². The Hall–Kier alpha value is -2.54. The maximum Gasteiger partial charge on any atom is 0.319 e. The van der Waals surface area contributed by atoms with Gasteiger partial charge in [-0.25, -0.2) is 4.79 Å². The molecule has 2 heterocycles. The van der Waals surface area contributed by atoms with Crippen molar-refractivity contribution in [3.63, 3.8) is 0 Å². The Kier molecular flexibility index (Phi) is 5.55. The Balaban J connectivity index is 1.47. The van der Waals surface area contributed by atoms with Gasteiger partial charge in [0.25, 0.3) is 0 Å². The molecule has 0 saturated heterocycles. The molecule has 7 nitrogen and oxygen atoms in total. The van der Waals surface area contributed by atoms with Gasteiger partial charge in [-0.05, 0) is 25.0 Å². The molecule has 2 amide bonds. The lowest BCUT2D eigenvalue weighted by atomic mass is 10.2. The van der Waals surface area contributed by atoms with Gasteiger partial charge in [0.1, 0.15) is 0 Å². The quantitative estimate of drug-likeness (QED) is 0.808. The van der Waals surface area contributed by atoms with Gasteiger partial charge in [-0.1, -0.05) is 18.2 Å². The highest BCUT2D eigenvalue weighted by Gasteiger charge is 2.23. The molecule has 1 aromatic carbocycles. The van der Waals surface area contributed by atoms with Gasteiger partial charge in [0, 0.05) is 38.1 Å². The summed E-state index contributed by atoms with van der Waals surface area (Å²) in [6.07, 6.45) is 4.49. The summed E-state index contributed by atoms with van der Waals surface area (Å²) >= 11 is 0. The Morgan fingerprint density at radius 3 is 3.08 bits per heavy atom. The Morgan fingerprint density at radius 1 is 1.40 bits per heavy atom. The van der Waals surface area contributed by atoms with E-state index >= 15 is 0 Å². The van der Waals surface area contributed by atoms with Crippen LogP contribution in [0.4, 0.5) is 16.2 Å². The summed E-state index contributed by atoms with van der Waals surface area (Å²) < 4.78 is 6.75. The van der Waals surface area contributed by atoms with Gasteiger partial charge in [-0.2, -0.15) is 5.10 Å². The molecule has 2 aromatic rings. The number of nitrogens with zero attached hydrogens (tertiary/aromatic N) is 3. The number of rotatable bonds is 7. The van der Waals surface area contributed by atoms with E-state index in [0.29, 0.717) is 25.4 Å². The van der Waals surface area contributed by atoms with Crippen LogP contribution in [0.25, 0.3) is 0 Å². The number of para-hydroxylation sites is 1. The van der Waals surface area contributed by atoms with E-state index in [0.717, 1.165) is 13.0 Å². The molecule has 0 unspecified atom stereocenters. The third-order valence-corrected chi connectivity index (χ3v) is 4.43. The topological polar surface area (TPSA) is 71.4 Å². The summed E-state index contributed by atoms with van der Waals surface area (Å²) in [6.45, 7) is 4.95. The van der Waals surface area contributed by atoms with Crippen molar-refractivity contribution in [2.24, 2.45) is 0 Å². The lowest BCUT2D eigenvalue weighted by molar-refractivity contribution is 0.183. The molecule has 25 heavy (non-hydrogen) atoms. The average Bonchev–Trinajstić information content (AvgIpc) is 3.24. The molecule has 1 aliphatic rings. The van der Waals surface area contributed by atoms with Crippen molar-refractivity contribution < 1.29 is 9.53 Å². The largest absolute Gasteiger partial charge is 0.383 e. The minimum Gasteiger partial charge on any atom is -0.383 e. The van der Waals surface area contributed by atoms with Crippen LogP contribution in [0.1, 0.15) is 12.5 Å². The lowest BCUT2D eigenvalue weighted by Crippen LogP contribution is -2.42. The minimum atomic E-state index is -0.217. The van der Waals surface area contributed by atoms with E-state index in [1.807, 2.05) is 0 Å². The molecule has 0 bridgehead atoms. The number of urea groups is 1. The van der Waals surface area contributed by atoms with Crippen molar-refractivity contribution in [2.45, 2.75) is 25.9 Å². The molecule has 0 radical (unpaired) electrons. The summed E-state index contributed by atoms with van der Waals surface area (Å²) in [5.74, 6) is 0. The molecular formula is C18H25N5O2. The van der Waals surface area contributed by atoms with Gasteiger partial charge in [-0.3, -0.25) is 4.68 Å². The molecule has 134 valence electrons. The number of fused-ring (bicyclic) bond motifs is 1. The van der Waals surface area contributed by atoms with Crippen LogP contribution in [0, 0.1) is 0 Å². The zero-order chi connectivity index (χ0) is 17.6. The second-order valence-corrected chi connectivity index (χ2v) is 6.24. The van der Waals surface area contributed by atoms with Crippen LogP contribution in [0.15, 0.2) is 36.7 Å². The van der Waals surface area contributed by atoms with Crippen molar-refractivity contribution in [1.29, 1.82) is 0 Å². The normalized spacial score (nSPS) is 14.2. The highest BCUT2D eigenvalue weighted by atomic mass is 16.5. The van der Waals surface area contributed by atoms with Crippen LogP contribution >= 0.6 is 0 Å². The number of hydrogen-bond donors (Lipinski definition) is 2. The van der Waals surface area contributed by atoms with Crippen molar-refractivity contribution in [3.05, 3.63) is 42.2 Å². The highest BCUT2D eigenvalue weighted by molar-refractivity contribution is 5.88. The first kappa shape index (κ1) is 17.3. The molecule has 0 fully saturated rings. The molecule has 7 heteroatoms. The molecule has 0 saturated carbocycles. The predicted octanol–water partition coefficient (Wildman–Crippen LogP) is 2.10. The molecule has 3 rings (SSSR count). The van der Waals surface area contributed by atoms with E-state index in [9.17, 15) is 4.79 Å². The van der Waals surface area contributed by atoms with E-state index in [4.69, 9.17) is 4.74 Å². The van der Waals surface area contributed by atoms with Crippen molar-refractivity contribution in [1.82, 2.24) is 15.1 Å². The first-order valence-electron chi connectivity index (χ1n) is 8.58. The molecule has 1 aliphatic heterocycles. The number of anilines is 2. The van der Waals surface area contributed by atoms with Gasteiger partial charge < -0.3 is 20.3 Å². The van der Waals surface area contributed by atoms with E-state index in [-0.39, 0.29) is 12.1 Å². The minimum absolute atomic E-state index is 0.217. The van der Waals surface area contributed by atoms with Crippen LogP contribution in [0.5, 0.6) is 0 Å². The SMILES string of the molecule is COCCn1cc(NC(=O)NC[C@H](C)N2CCc3ccccc32)cn1. The fraction of sp³-hybridized carbons (Fsp3) is 0.444. The van der Waals surface area contributed by atoms with E-state index in [1.54, 1.807) is 24.2 Å². The lowest BCUT2D eigenvalue weighted by Gasteiger charge is -2.27. The fourth-order valence-electron chi connectivity index (χ4n) is 3.08. The summed E-state index contributed by atoms with van der Waals surface area (Å²) in [4.78, 5) is 14.4. The number of benzene rings is 1. The number of nitrogens with one attached hydrogen (secondary N) is 2. The summed E-state index contributed by atoms with van der Waals surface area (Å²) in [5, 5.41) is 9.92. The van der Waals surface area contributed by atoms with Gasteiger partial charge in [0.05, 0.1) is 25.0 Å². The maximum absolute atomic E-state index is 12.1. The molecule has 0 spiro atoms. The number of carbonyl (C=O) groups excluding carboxylic acids is 1. The third kappa shape index (κ3) is 4.30. The number of amides is 2. The molecule has 1 aromatic heterocycles. The number of hydrogen-bond acceptors (Lipinski definition) is 4. The van der Waals surface area contributed by atoms with Crippen molar-refractivity contribution >= 4 is 17.4 Å². The Bertz CT molecular complexity index is 715. The number of ether oxygens (including phenoxy) is 1. The highest BCUT2D eigenvalue weighted by Crippen LogP contribution is 2.28. The van der Waals surface area contributed by atoms with Gasteiger partial charge >= 0.3 is 6.03 Å². The second-order valence-electron chi connectivity index (χ2n) is 6.24. The van der Waals surface area contributed by atoms with Gasteiger partial charge in [0.15, 0.2) is 0 Å². The average molecular weight is 343 g/mol. The van der Waals surface area contributed by atoms with Crippen LogP contribution in [-0.2, 0) is 17.7 Å². The van der Waals surface area contributed by atoms with E-state index in [2.05, 4.69) is 51.8 Å². The van der Waals surface area contributed by atoms with Gasteiger partial charge in [0.2, 0.25) is 0 Å². The second kappa shape index (κ2) is 8.02. The Morgan fingerprint density at radius 2 is 2.24 bits per heavy atom. The number of aromatic nitrogens is 2. The van der Waals surface area contributed by atoms with Crippen molar-refractivity contribution in [2.75, 3.05) is 37.0 Å².